The Kier molecular flexibility index (Phi) is 15.5. The largest absolute Gasteiger partial charge is 0.378 e. The van der Waals surface area contributed by atoms with Crippen LogP contribution in [0.3, 0.4) is 0 Å². The number of hydrogen-bond donors (Lipinski definition) is 0. The molecular weight excluding hydrogens is 376 g/mol. The quantitative estimate of drug-likeness (QED) is 0.227. The molecular formula is C21H38N2O6. The second-order valence-electron chi connectivity index (χ2n) is 7.78. The van der Waals surface area contributed by atoms with Crippen molar-refractivity contribution in [1.29, 1.82) is 0 Å². The van der Waals surface area contributed by atoms with Crippen LogP contribution in [0.1, 0.15) is 34.6 Å². The number of nitrogens with zero attached hydrogens (tertiary/aromatic N) is 2. The van der Waals surface area contributed by atoms with E-state index in [4.69, 9.17) is 9.47 Å². The fraction of sp³-hybridized carbons (Fsp3) is 0.810. The van der Waals surface area contributed by atoms with Gasteiger partial charge in [-0.05, 0) is 6.92 Å². The highest BCUT2D eigenvalue weighted by Gasteiger charge is 2.15. The smallest absolute Gasteiger partial charge is 0.149 e. The van der Waals surface area contributed by atoms with Gasteiger partial charge in [0, 0.05) is 24.9 Å². The third-order valence-electron chi connectivity index (χ3n) is 4.30. The van der Waals surface area contributed by atoms with Crippen LogP contribution >= 0.6 is 0 Å². The molecule has 0 heterocycles. The Morgan fingerprint density at radius 2 is 1.21 bits per heavy atom. The number of ketones is 3. The molecule has 0 aliphatic rings. The van der Waals surface area contributed by atoms with Crippen molar-refractivity contribution in [2.24, 2.45) is 11.8 Å². The summed E-state index contributed by atoms with van der Waals surface area (Å²) < 4.78 is 11.0. The van der Waals surface area contributed by atoms with Crippen molar-refractivity contribution >= 4 is 23.6 Å². The molecule has 0 aliphatic carbocycles. The zero-order chi connectivity index (χ0) is 22.2. The molecule has 0 atom stereocenters. The minimum absolute atomic E-state index is 0.0146. The lowest BCUT2D eigenvalue weighted by Gasteiger charge is -2.21. The van der Waals surface area contributed by atoms with Crippen LogP contribution in [0, 0.1) is 11.8 Å². The zero-order valence-corrected chi connectivity index (χ0v) is 18.6. The summed E-state index contributed by atoms with van der Waals surface area (Å²) in [5, 5.41) is 0. The highest BCUT2D eigenvalue weighted by Crippen LogP contribution is 1.99. The molecule has 0 saturated heterocycles. The van der Waals surface area contributed by atoms with Gasteiger partial charge in [-0.3, -0.25) is 24.2 Å². The highest BCUT2D eigenvalue weighted by molar-refractivity contribution is 5.83. The van der Waals surface area contributed by atoms with E-state index in [2.05, 4.69) is 0 Å². The van der Waals surface area contributed by atoms with Crippen molar-refractivity contribution in [3.8, 4) is 0 Å². The van der Waals surface area contributed by atoms with E-state index in [1.807, 2.05) is 27.7 Å². The summed E-state index contributed by atoms with van der Waals surface area (Å²) in [6.07, 6.45) is 0.785. The van der Waals surface area contributed by atoms with E-state index in [0.29, 0.717) is 39.5 Å². The van der Waals surface area contributed by atoms with Gasteiger partial charge in [0.1, 0.15) is 23.6 Å². The van der Waals surface area contributed by atoms with Crippen molar-refractivity contribution in [1.82, 2.24) is 9.80 Å². The molecule has 0 saturated carbocycles. The summed E-state index contributed by atoms with van der Waals surface area (Å²) >= 11 is 0. The lowest BCUT2D eigenvalue weighted by atomic mass is 10.1. The van der Waals surface area contributed by atoms with E-state index in [-0.39, 0.29) is 55.4 Å². The Bertz CT molecular complexity index is 507. The van der Waals surface area contributed by atoms with Crippen LogP contribution in [-0.4, -0.2) is 99.1 Å². The van der Waals surface area contributed by atoms with E-state index in [1.165, 1.54) is 6.92 Å². The minimum atomic E-state index is -0.0617. The fourth-order valence-corrected chi connectivity index (χ4v) is 2.38. The second kappa shape index (κ2) is 16.3. The predicted molar refractivity (Wildman–Crippen MR) is 111 cm³/mol. The average molecular weight is 415 g/mol. The Labute approximate surface area is 174 Å². The molecule has 0 unspecified atom stereocenters. The van der Waals surface area contributed by atoms with Gasteiger partial charge in [-0.2, -0.15) is 0 Å². The van der Waals surface area contributed by atoms with Gasteiger partial charge in [0.05, 0.1) is 52.6 Å². The van der Waals surface area contributed by atoms with Gasteiger partial charge in [0.15, 0.2) is 0 Å². The van der Waals surface area contributed by atoms with Gasteiger partial charge < -0.3 is 14.3 Å². The van der Waals surface area contributed by atoms with E-state index < -0.39 is 0 Å². The maximum atomic E-state index is 11.9. The molecule has 0 spiro atoms. The van der Waals surface area contributed by atoms with E-state index in [9.17, 15) is 19.2 Å². The molecule has 0 aromatic rings. The molecule has 8 heteroatoms. The number of aldehydes is 1. The number of Topliss-reactive ketones (excluding diaryl/α,β-unsaturated/α-hetero) is 3. The molecule has 8 nitrogen and oxygen atoms in total. The summed E-state index contributed by atoms with van der Waals surface area (Å²) in [5.74, 6) is 0.0950. The Morgan fingerprint density at radius 3 is 1.62 bits per heavy atom. The van der Waals surface area contributed by atoms with Gasteiger partial charge in [-0.1, -0.05) is 27.7 Å². The van der Waals surface area contributed by atoms with Gasteiger partial charge in [-0.15, -0.1) is 0 Å². The summed E-state index contributed by atoms with van der Waals surface area (Å²) in [5.41, 5.74) is 0. The third-order valence-corrected chi connectivity index (χ3v) is 4.30. The van der Waals surface area contributed by atoms with Crippen LogP contribution in [0.2, 0.25) is 0 Å². The summed E-state index contributed by atoms with van der Waals surface area (Å²) in [6, 6.07) is 0. The molecule has 0 radical (unpaired) electrons. The average Bonchev–Trinajstić information content (AvgIpc) is 2.62. The minimum Gasteiger partial charge on any atom is -0.378 e. The van der Waals surface area contributed by atoms with Crippen molar-refractivity contribution in [2.75, 3.05) is 65.7 Å². The SMILES string of the molecule is CC(=O)CN(CCOCCOCCN(CC=O)CC(=O)C(C)C)CC(=O)C(C)C. The van der Waals surface area contributed by atoms with E-state index in [1.54, 1.807) is 9.80 Å². The monoisotopic (exact) mass is 414 g/mol. The maximum absolute atomic E-state index is 11.9. The summed E-state index contributed by atoms with van der Waals surface area (Å²) in [7, 11) is 0. The molecule has 0 bridgehead atoms. The van der Waals surface area contributed by atoms with Gasteiger partial charge in [-0.25, -0.2) is 0 Å². The molecule has 0 aromatic carbocycles. The van der Waals surface area contributed by atoms with Crippen LogP contribution in [0.5, 0.6) is 0 Å². The first-order valence-electron chi connectivity index (χ1n) is 10.3. The van der Waals surface area contributed by atoms with Crippen LogP contribution in [-0.2, 0) is 28.7 Å². The van der Waals surface area contributed by atoms with Crippen molar-refractivity contribution in [3.05, 3.63) is 0 Å². The van der Waals surface area contributed by atoms with Gasteiger partial charge in [0.25, 0.3) is 0 Å². The van der Waals surface area contributed by atoms with E-state index >= 15 is 0 Å². The first kappa shape index (κ1) is 27.5. The first-order chi connectivity index (χ1) is 13.7. The Hall–Kier alpha value is -1.48. The van der Waals surface area contributed by atoms with Crippen molar-refractivity contribution < 1.29 is 28.7 Å². The molecule has 0 aliphatic heterocycles. The van der Waals surface area contributed by atoms with Gasteiger partial charge >= 0.3 is 0 Å². The summed E-state index contributed by atoms with van der Waals surface area (Å²) in [6.45, 7) is 12.4. The number of carbonyl (C=O) groups is 4. The number of ether oxygens (including phenoxy) is 2. The molecule has 0 aromatic heterocycles. The normalized spacial score (nSPS) is 11.6. The van der Waals surface area contributed by atoms with Gasteiger partial charge in [0.2, 0.25) is 0 Å². The fourth-order valence-electron chi connectivity index (χ4n) is 2.38. The molecule has 0 amide bonds. The number of hydrogen-bond acceptors (Lipinski definition) is 8. The number of rotatable bonds is 19. The van der Waals surface area contributed by atoms with Crippen LogP contribution < -0.4 is 0 Å². The topological polar surface area (TPSA) is 93.2 Å². The number of carbonyl (C=O) groups excluding carboxylic acids is 4. The summed E-state index contributed by atoms with van der Waals surface area (Å²) in [4.78, 5) is 49.3. The lowest BCUT2D eigenvalue weighted by molar-refractivity contribution is -0.125. The molecule has 0 N–H and O–H groups in total. The molecule has 0 rings (SSSR count). The standard InChI is InChI=1S/C21H38N2O6/c1-17(2)20(26)15-22(6-9-24)7-10-28-12-13-29-11-8-23(14-19(5)25)16-21(27)18(3)4/h9,17-18H,6-8,10-16H2,1-5H3. The second-order valence-corrected chi connectivity index (χ2v) is 7.78. The van der Waals surface area contributed by atoms with Crippen LogP contribution in [0.25, 0.3) is 0 Å². The van der Waals surface area contributed by atoms with Crippen LogP contribution in [0.4, 0.5) is 0 Å². The third kappa shape index (κ3) is 15.1. The molecule has 29 heavy (non-hydrogen) atoms. The van der Waals surface area contributed by atoms with Crippen LogP contribution in [0.15, 0.2) is 0 Å². The lowest BCUT2D eigenvalue weighted by Crippen LogP contribution is -2.37. The first-order valence-corrected chi connectivity index (χ1v) is 10.3. The Morgan fingerprint density at radius 1 is 0.759 bits per heavy atom. The van der Waals surface area contributed by atoms with Crippen molar-refractivity contribution in [3.63, 3.8) is 0 Å². The van der Waals surface area contributed by atoms with Crippen molar-refractivity contribution in [2.45, 2.75) is 34.6 Å². The highest BCUT2D eigenvalue weighted by atomic mass is 16.5. The zero-order valence-electron chi connectivity index (χ0n) is 18.6. The maximum Gasteiger partial charge on any atom is 0.149 e. The molecule has 0 fully saturated rings. The van der Waals surface area contributed by atoms with E-state index in [0.717, 1.165) is 6.29 Å². The predicted octanol–water partition coefficient (Wildman–Crippen LogP) is 0.862. The molecule has 168 valence electrons. The Balaban J connectivity index is 3.99.